The van der Waals surface area contributed by atoms with Crippen LogP contribution < -0.4 is 15.0 Å². The van der Waals surface area contributed by atoms with Crippen LogP contribution in [0, 0.1) is 6.92 Å². The zero-order chi connectivity index (χ0) is 22.5. The SMILES string of the molecule is CCOc1cc(CN2CCC(c3cc(=O)[nH]c(-c4ccncc4)n3)CC2)c(C)cc1OC. The molecule has 0 radical (unpaired) electrons. The number of H-pyrrole nitrogens is 1. The van der Waals surface area contributed by atoms with Crippen molar-refractivity contribution >= 4 is 0 Å². The van der Waals surface area contributed by atoms with E-state index in [0.717, 1.165) is 55.2 Å². The van der Waals surface area contributed by atoms with Crippen molar-refractivity contribution < 1.29 is 9.47 Å². The topological polar surface area (TPSA) is 80.3 Å². The van der Waals surface area contributed by atoms with Gasteiger partial charge in [0.15, 0.2) is 11.5 Å². The molecule has 4 rings (SSSR count). The van der Waals surface area contributed by atoms with E-state index in [2.05, 4.69) is 27.9 Å². The molecule has 2 aromatic heterocycles. The van der Waals surface area contributed by atoms with Gasteiger partial charge >= 0.3 is 0 Å². The van der Waals surface area contributed by atoms with Crippen molar-refractivity contribution in [2.75, 3.05) is 26.8 Å². The predicted octanol–water partition coefficient (Wildman–Crippen LogP) is 3.93. The van der Waals surface area contributed by atoms with E-state index in [-0.39, 0.29) is 11.5 Å². The van der Waals surface area contributed by atoms with Crippen LogP contribution in [0.3, 0.4) is 0 Å². The van der Waals surface area contributed by atoms with Crippen molar-refractivity contribution in [3.63, 3.8) is 0 Å². The summed E-state index contributed by atoms with van der Waals surface area (Å²) < 4.78 is 11.2. The third-order valence-corrected chi connectivity index (χ3v) is 6.04. The summed E-state index contributed by atoms with van der Waals surface area (Å²) in [6.45, 7) is 7.48. The number of piperidine rings is 1. The fourth-order valence-corrected chi connectivity index (χ4v) is 4.26. The minimum atomic E-state index is -0.110. The van der Waals surface area contributed by atoms with E-state index in [9.17, 15) is 4.79 Å². The lowest BCUT2D eigenvalue weighted by Gasteiger charge is -2.32. The highest BCUT2D eigenvalue weighted by Crippen LogP contribution is 2.33. The highest BCUT2D eigenvalue weighted by Gasteiger charge is 2.23. The third kappa shape index (κ3) is 4.99. The van der Waals surface area contributed by atoms with Crippen molar-refractivity contribution in [1.29, 1.82) is 0 Å². The first kappa shape index (κ1) is 22.0. The van der Waals surface area contributed by atoms with Crippen LogP contribution in [-0.2, 0) is 6.54 Å². The number of nitrogens with zero attached hydrogens (tertiary/aromatic N) is 3. The summed E-state index contributed by atoms with van der Waals surface area (Å²) in [6, 6.07) is 9.51. The highest BCUT2D eigenvalue weighted by molar-refractivity contribution is 5.53. The molecule has 7 heteroatoms. The number of pyridine rings is 1. The number of hydrogen-bond acceptors (Lipinski definition) is 6. The van der Waals surface area contributed by atoms with Gasteiger partial charge in [0, 0.05) is 36.5 Å². The van der Waals surface area contributed by atoms with E-state index >= 15 is 0 Å². The van der Waals surface area contributed by atoms with Crippen LogP contribution in [0.4, 0.5) is 0 Å². The maximum absolute atomic E-state index is 12.3. The van der Waals surface area contributed by atoms with Gasteiger partial charge < -0.3 is 14.5 Å². The van der Waals surface area contributed by atoms with E-state index in [0.29, 0.717) is 12.4 Å². The Bertz CT molecular complexity index is 1110. The largest absolute Gasteiger partial charge is 0.493 e. The molecule has 1 fully saturated rings. The van der Waals surface area contributed by atoms with Gasteiger partial charge in [-0.25, -0.2) is 4.98 Å². The van der Waals surface area contributed by atoms with Gasteiger partial charge in [0.2, 0.25) is 0 Å². The van der Waals surface area contributed by atoms with Gasteiger partial charge in [-0.2, -0.15) is 0 Å². The second-order valence-corrected chi connectivity index (χ2v) is 8.17. The average Bonchev–Trinajstić information content (AvgIpc) is 2.82. The lowest BCUT2D eigenvalue weighted by molar-refractivity contribution is 0.202. The fourth-order valence-electron chi connectivity index (χ4n) is 4.26. The van der Waals surface area contributed by atoms with Crippen molar-refractivity contribution in [1.82, 2.24) is 19.9 Å². The molecule has 0 saturated carbocycles. The smallest absolute Gasteiger partial charge is 0.251 e. The van der Waals surface area contributed by atoms with E-state index in [1.165, 1.54) is 11.1 Å². The summed E-state index contributed by atoms with van der Waals surface area (Å²) in [7, 11) is 1.67. The summed E-state index contributed by atoms with van der Waals surface area (Å²) in [6.07, 6.45) is 5.36. The van der Waals surface area contributed by atoms with Crippen molar-refractivity contribution in [3.05, 3.63) is 69.9 Å². The number of benzene rings is 1. The molecule has 1 aliphatic rings. The zero-order valence-corrected chi connectivity index (χ0v) is 18.9. The van der Waals surface area contributed by atoms with Gasteiger partial charge in [-0.1, -0.05) is 0 Å². The molecular weight excluding hydrogens is 404 g/mol. The Morgan fingerprint density at radius 1 is 1.12 bits per heavy atom. The minimum Gasteiger partial charge on any atom is -0.493 e. The van der Waals surface area contributed by atoms with Crippen molar-refractivity contribution in [3.8, 4) is 22.9 Å². The highest BCUT2D eigenvalue weighted by atomic mass is 16.5. The summed E-state index contributed by atoms with van der Waals surface area (Å²) in [4.78, 5) is 26.4. The normalized spacial score (nSPS) is 15.0. The Kier molecular flexibility index (Phi) is 6.85. The maximum atomic E-state index is 12.3. The van der Waals surface area contributed by atoms with Crippen LogP contribution in [0.5, 0.6) is 11.5 Å². The molecule has 3 heterocycles. The lowest BCUT2D eigenvalue weighted by Crippen LogP contribution is -2.33. The number of aromatic amines is 1. The summed E-state index contributed by atoms with van der Waals surface area (Å²) in [5.74, 6) is 2.46. The summed E-state index contributed by atoms with van der Waals surface area (Å²) >= 11 is 0. The molecule has 1 aromatic carbocycles. The number of nitrogens with one attached hydrogen (secondary N) is 1. The minimum absolute atomic E-state index is 0.110. The zero-order valence-electron chi connectivity index (χ0n) is 18.9. The molecule has 1 N–H and O–H groups in total. The Hall–Kier alpha value is -3.19. The Morgan fingerprint density at radius 3 is 2.56 bits per heavy atom. The van der Waals surface area contributed by atoms with Gasteiger partial charge in [-0.05, 0) is 75.2 Å². The monoisotopic (exact) mass is 434 g/mol. The second kappa shape index (κ2) is 9.96. The molecule has 168 valence electrons. The van der Waals surface area contributed by atoms with Gasteiger partial charge in [0.1, 0.15) is 5.82 Å². The van der Waals surface area contributed by atoms with Crippen LogP contribution in [0.2, 0.25) is 0 Å². The molecule has 0 unspecified atom stereocenters. The second-order valence-electron chi connectivity index (χ2n) is 8.17. The fraction of sp³-hybridized carbons (Fsp3) is 0.400. The average molecular weight is 435 g/mol. The Balaban J connectivity index is 1.45. The summed E-state index contributed by atoms with van der Waals surface area (Å²) in [5.41, 5.74) is 4.09. The van der Waals surface area contributed by atoms with E-state index in [1.54, 1.807) is 25.6 Å². The first-order valence-electron chi connectivity index (χ1n) is 11.1. The van der Waals surface area contributed by atoms with E-state index < -0.39 is 0 Å². The van der Waals surface area contributed by atoms with Crippen molar-refractivity contribution in [2.45, 2.75) is 39.2 Å². The molecule has 0 amide bonds. The number of aromatic nitrogens is 3. The van der Waals surface area contributed by atoms with Crippen LogP contribution in [0.15, 0.2) is 47.5 Å². The molecule has 0 bridgehead atoms. The van der Waals surface area contributed by atoms with Crippen LogP contribution in [0.1, 0.15) is 42.5 Å². The Morgan fingerprint density at radius 2 is 1.88 bits per heavy atom. The van der Waals surface area contributed by atoms with Crippen LogP contribution in [-0.4, -0.2) is 46.7 Å². The van der Waals surface area contributed by atoms with Crippen molar-refractivity contribution in [2.24, 2.45) is 0 Å². The number of rotatable bonds is 7. The first-order valence-corrected chi connectivity index (χ1v) is 11.1. The third-order valence-electron chi connectivity index (χ3n) is 6.04. The molecule has 0 aliphatic carbocycles. The van der Waals surface area contributed by atoms with Crippen LogP contribution in [0.25, 0.3) is 11.4 Å². The standard InChI is InChI=1S/C25H30N4O3/c1-4-32-23-14-20(17(2)13-22(23)31-3)16-29-11-7-18(8-12-29)21-15-24(30)28-25(27-21)19-5-9-26-10-6-19/h5-6,9-10,13-15,18H,4,7-8,11-12,16H2,1-3H3,(H,27,28,30). The molecule has 1 aliphatic heterocycles. The van der Waals surface area contributed by atoms with Gasteiger partial charge in [-0.15, -0.1) is 0 Å². The maximum Gasteiger partial charge on any atom is 0.251 e. The molecule has 1 saturated heterocycles. The number of methoxy groups -OCH3 is 1. The number of hydrogen-bond donors (Lipinski definition) is 1. The van der Waals surface area contributed by atoms with Crippen LogP contribution >= 0.6 is 0 Å². The number of aryl methyl sites for hydroxylation is 1. The Labute approximate surface area is 188 Å². The molecule has 32 heavy (non-hydrogen) atoms. The molecule has 3 aromatic rings. The molecular formula is C25H30N4O3. The van der Waals surface area contributed by atoms with E-state index in [4.69, 9.17) is 14.5 Å². The molecule has 0 atom stereocenters. The van der Waals surface area contributed by atoms with Gasteiger partial charge in [-0.3, -0.25) is 14.7 Å². The number of ether oxygens (including phenoxy) is 2. The summed E-state index contributed by atoms with van der Waals surface area (Å²) in [5, 5.41) is 0. The van der Waals surface area contributed by atoms with Gasteiger partial charge in [0.05, 0.1) is 19.4 Å². The van der Waals surface area contributed by atoms with Gasteiger partial charge in [0.25, 0.3) is 5.56 Å². The first-order chi connectivity index (χ1) is 15.6. The lowest BCUT2D eigenvalue weighted by atomic mass is 9.92. The quantitative estimate of drug-likeness (QED) is 0.607. The molecule has 7 nitrogen and oxygen atoms in total. The van der Waals surface area contributed by atoms with E-state index in [1.807, 2.05) is 25.1 Å². The number of likely N-dealkylation sites (tertiary alicyclic amines) is 1. The predicted molar refractivity (Wildman–Crippen MR) is 124 cm³/mol. The molecule has 0 spiro atoms.